The van der Waals surface area contributed by atoms with Crippen molar-refractivity contribution in [1.29, 1.82) is 0 Å². The fourth-order valence-corrected chi connectivity index (χ4v) is 9.23. The van der Waals surface area contributed by atoms with E-state index in [4.69, 9.17) is 11.8 Å². The minimum absolute atomic E-state index is 1.22. The first-order chi connectivity index (χ1) is 13.3. The summed E-state index contributed by atoms with van der Waals surface area (Å²) in [6, 6.07) is 34.8. The van der Waals surface area contributed by atoms with Gasteiger partial charge in [-0.25, -0.2) is 0 Å². The third-order valence-corrected chi connectivity index (χ3v) is 10.3. The molecule has 2 aliphatic heterocycles. The number of benzene rings is 4. The highest BCUT2D eigenvalue weighted by atomic mass is 32.4. The van der Waals surface area contributed by atoms with Gasteiger partial charge in [0.2, 0.25) is 0 Å². The lowest BCUT2D eigenvalue weighted by molar-refractivity contribution is 1.38. The molecule has 0 bridgehead atoms. The van der Waals surface area contributed by atoms with Gasteiger partial charge in [-0.1, -0.05) is 96.7 Å². The third-order valence-electron chi connectivity index (χ3n) is 5.59. The van der Waals surface area contributed by atoms with E-state index >= 15 is 0 Å². The average molecular weight is 381 g/mol. The maximum absolute atomic E-state index is 6.63. The van der Waals surface area contributed by atoms with Crippen LogP contribution in [0.1, 0.15) is 0 Å². The molecule has 1 nitrogen and oxygen atoms in total. The van der Waals surface area contributed by atoms with E-state index < -0.39 is 6.19 Å². The maximum Gasteiger partial charge on any atom is 0.0985 e. The van der Waals surface area contributed by atoms with Crippen molar-refractivity contribution in [1.82, 2.24) is 0 Å². The van der Waals surface area contributed by atoms with Gasteiger partial charge in [0.25, 0.3) is 0 Å². The molecule has 0 N–H and O–H groups in total. The summed E-state index contributed by atoms with van der Waals surface area (Å²) in [6.45, 7) is 0. The van der Waals surface area contributed by atoms with Gasteiger partial charge in [-0.3, -0.25) is 0 Å². The Morgan fingerprint density at radius 2 is 0.852 bits per heavy atom. The third kappa shape index (κ3) is 1.87. The molecule has 128 valence electrons. The Morgan fingerprint density at radius 3 is 1.33 bits per heavy atom. The van der Waals surface area contributed by atoms with Crippen LogP contribution in [-0.2, 0) is 11.8 Å². The van der Waals surface area contributed by atoms with Gasteiger partial charge in [0.05, 0.1) is 17.6 Å². The number of rotatable bonds is 0. The largest absolute Gasteiger partial charge is 0.304 e. The molecule has 0 radical (unpaired) electrons. The van der Waals surface area contributed by atoms with Crippen LogP contribution in [-0.4, -0.2) is 0 Å². The fraction of sp³-hybridized carbons (Fsp3) is 0. The molecule has 0 unspecified atom stereocenters. The molecule has 0 saturated heterocycles. The Hall–Kier alpha value is -2.67. The van der Waals surface area contributed by atoms with Crippen LogP contribution in [0.25, 0.3) is 22.3 Å². The van der Waals surface area contributed by atoms with E-state index in [0.717, 1.165) is 0 Å². The first kappa shape index (κ1) is 15.4. The van der Waals surface area contributed by atoms with E-state index in [2.05, 4.69) is 102 Å². The molecule has 0 aromatic heterocycles. The van der Waals surface area contributed by atoms with Crippen molar-refractivity contribution in [2.45, 2.75) is 0 Å². The fourth-order valence-electron chi connectivity index (χ4n) is 4.48. The van der Waals surface area contributed by atoms with Crippen molar-refractivity contribution in [2.75, 3.05) is 4.67 Å². The first-order valence-corrected chi connectivity index (χ1v) is 11.8. The number of anilines is 2. The Morgan fingerprint density at radius 1 is 0.481 bits per heavy atom. The van der Waals surface area contributed by atoms with Crippen molar-refractivity contribution in [3.8, 4) is 22.3 Å². The molecule has 3 heteroatoms. The summed E-state index contributed by atoms with van der Waals surface area (Å²) >= 11 is 6.63. The van der Waals surface area contributed by atoms with Crippen LogP contribution in [0.15, 0.2) is 97.1 Å². The molecule has 0 fully saturated rings. The molecule has 4 aromatic rings. The van der Waals surface area contributed by atoms with Gasteiger partial charge < -0.3 is 4.67 Å². The number of hydrogen-bond acceptors (Lipinski definition) is 1. The van der Waals surface area contributed by atoms with Gasteiger partial charge in [-0.2, -0.15) is 0 Å². The second kappa shape index (κ2) is 5.42. The highest BCUT2D eigenvalue weighted by Crippen LogP contribution is 2.65. The minimum Gasteiger partial charge on any atom is -0.304 e. The number of hydrogen-bond donors (Lipinski definition) is 0. The summed E-state index contributed by atoms with van der Waals surface area (Å²) in [6.07, 6.45) is -2.20. The molecule has 0 aliphatic carbocycles. The predicted octanol–water partition coefficient (Wildman–Crippen LogP) is 5.83. The predicted molar refractivity (Wildman–Crippen MR) is 119 cm³/mol. The molecule has 0 saturated carbocycles. The molecule has 27 heavy (non-hydrogen) atoms. The zero-order valence-corrected chi connectivity index (χ0v) is 16.3. The standard InChI is InChI=1S/C24H16NPS/c27-26-23-15-7-3-11-19(23)17-9-1-5-13-21(17)25(26)22-14-6-2-10-18(22)20-12-4-8-16-24(20)26/h1-16H. The summed E-state index contributed by atoms with van der Waals surface area (Å²) < 4.78 is 2.47. The summed E-state index contributed by atoms with van der Waals surface area (Å²) in [5.74, 6) is 0. The highest BCUT2D eigenvalue weighted by Gasteiger charge is 2.43. The molecule has 0 amide bonds. The van der Waals surface area contributed by atoms with Crippen LogP contribution in [0.5, 0.6) is 0 Å². The Bertz CT molecular complexity index is 1180. The van der Waals surface area contributed by atoms with Crippen molar-refractivity contribution in [3.05, 3.63) is 97.1 Å². The van der Waals surface area contributed by atoms with Crippen LogP contribution in [0, 0.1) is 0 Å². The lowest BCUT2D eigenvalue weighted by atomic mass is 10.00. The Kier molecular flexibility index (Phi) is 3.09. The molecular formula is C24H16NPS. The van der Waals surface area contributed by atoms with Crippen molar-refractivity contribution >= 4 is 40.0 Å². The van der Waals surface area contributed by atoms with Gasteiger partial charge in [0.15, 0.2) is 0 Å². The number of nitrogens with zero attached hydrogens (tertiary/aromatic N) is 1. The summed E-state index contributed by atoms with van der Waals surface area (Å²) in [7, 11) is 0. The lowest BCUT2D eigenvalue weighted by Gasteiger charge is -2.47. The van der Waals surface area contributed by atoms with E-state index in [9.17, 15) is 0 Å². The molecule has 0 spiro atoms. The topological polar surface area (TPSA) is 3.24 Å². The van der Waals surface area contributed by atoms with Crippen molar-refractivity contribution in [3.63, 3.8) is 0 Å². The highest BCUT2D eigenvalue weighted by molar-refractivity contribution is 8.23. The van der Waals surface area contributed by atoms with E-state index in [1.807, 2.05) is 0 Å². The van der Waals surface area contributed by atoms with Gasteiger partial charge in [0.1, 0.15) is 0 Å². The van der Waals surface area contributed by atoms with E-state index in [-0.39, 0.29) is 0 Å². The summed E-state index contributed by atoms with van der Waals surface area (Å²) in [4.78, 5) is 0. The van der Waals surface area contributed by atoms with Crippen LogP contribution in [0.4, 0.5) is 11.4 Å². The number of fused-ring (bicyclic) bond motifs is 11. The monoisotopic (exact) mass is 381 g/mol. The van der Waals surface area contributed by atoms with Crippen LogP contribution >= 0.6 is 6.19 Å². The van der Waals surface area contributed by atoms with Crippen molar-refractivity contribution in [2.24, 2.45) is 0 Å². The molecule has 6 rings (SSSR count). The second-order valence-corrected chi connectivity index (χ2v) is 11.1. The zero-order valence-electron chi connectivity index (χ0n) is 14.5. The van der Waals surface area contributed by atoms with Gasteiger partial charge in [-0.05, 0) is 23.3 Å². The lowest BCUT2D eigenvalue weighted by Crippen LogP contribution is -2.36. The number of para-hydroxylation sites is 2. The molecule has 2 heterocycles. The quantitative estimate of drug-likeness (QED) is 0.353. The van der Waals surface area contributed by atoms with Crippen LogP contribution in [0.2, 0.25) is 0 Å². The van der Waals surface area contributed by atoms with Crippen LogP contribution < -0.4 is 15.3 Å². The van der Waals surface area contributed by atoms with Crippen molar-refractivity contribution < 1.29 is 0 Å². The summed E-state index contributed by atoms with van der Waals surface area (Å²) in [5, 5.41) is 2.58. The van der Waals surface area contributed by atoms with Crippen LogP contribution in [0.3, 0.4) is 0 Å². The Balaban J connectivity index is 1.84. The first-order valence-electron chi connectivity index (χ1n) is 9.09. The van der Waals surface area contributed by atoms with E-state index in [0.29, 0.717) is 0 Å². The van der Waals surface area contributed by atoms with Gasteiger partial charge >= 0.3 is 0 Å². The minimum atomic E-state index is -2.20. The molecular weight excluding hydrogens is 365 g/mol. The second-order valence-electron chi connectivity index (χ2n) is 6.96. The van der Waals surface area contributed by atoms with Gasteiger partial charge in [-0.15, -0.1) is 0 Å². The van der Waals surface area contributed by atoms with Gasteiger partial charge in [0, 0.05) is 21.7 Å². The SMILES string of the molecule is S=P12c3ccccc3-c3ccccc3N1c1ccccc1-c1ccccc12. The molecule has 4 aromatic carbocycles. The Labute approximate surface area is 164 Å². The molecule has 2 aliphatic rings. The maximum atomic E-state index is 6.63. The zero-order chi connectivity index (χ0) is 18.0. The van der Waals surface area contributed by atoms with E-state index in [1.165, 1.54) is 44.2 Å². The normalized spacial score (nSPS) is 15.0. The average Bonchev–Trinajstić information content (AvgIpc) is 2.74. The van der Waals surface area contributed by atoms with E-state index in [1.54, 1.807) is 0 Å². The summed E-state index contributed by atoms with van der Waals surface area (Å²) in [5.41, 5.74) is 7.54. The smallest absolute Gasteiger partial charge is 0.0985 e. The molecule has 0 atom stereocenters.